The van der Waals surface area contributed by atoms with Crippen molar-refractivity contribution in [1.82, 2.24) is 10.6 Å². The van der Waals surface area contributed by atoms with Gasteiger partial charge in [-0.3, -0.25) is 14.9 Å². The van der Waals surface area contributed by atoms with Crippen LogP contribution in [-0.2, 0) is 9.59 Å². The van der Waals surface area contributed by atoms with E-state index in [1.807, 2.05) is 0 Å². The maximum Gasteiger partial charge on any atom is 0.471 e. The summed E-state index contributed by atoms with van der Waals surface area (Å²) in [6.45, 7) is 2.03. The van der Waals surface area contributed by atoms with Crippen LogP contribution in [0.25, 0.3) is 0 Å². The molecule has 0 aromatic rings. The van der Waals surface area contributed by atoms with Crippen molar-refractivity contribution in [1.29, 1.82) is 0 Å². The molecule has 15 heavy (non-hydrogen) atoms. The summed E-state index contributed by atoms with van der Waals surface area (Å²) in [5.41, 5.74) is -1.07. The fourth-order valence-electron chi connectivity index (χ4n) is 1.40. The van der Waals surface area contributed by atoms with Crippen molar-refractivity contribution in [3.8, 4) is 0 Å². The number of carbonyl (C=O) groups is 2. The summed E-state index contributed by atoms with van der Waals surface area (Å²) in [7, 11) is 0. The fourth-order valence-corrected chi connectivity index (χ4v) is 1.40. The Balaban J connectivity index is 2.60. The van der Waals surface area contributed by atoms with E-state index in [2.05, 4.69) is 5.32 Å². The third kappa shape index (κ3) is 2.68. The number of amides is 2. The Morgan fingerprint density at radius 3 is 2.40 bits per heavy atom. The van der Waals surface area contributed by atoms with Gasteiger partial charge in [-0.2, -0.15) is 13.2 Å². The Morgan fingerprint density at radius 1 is 1.40 bits per heavy atom. The third-order valence-corrected chi connectivity index (χ3v) is 2.35. The van der Waals surface area contributed by atoms with Crippen LogP contribution in [-0.4, -0.2) is 30.1 Å². The molecule has 2 amide bonds. The molecule has 0 radical (unpaired) electrons. The second kappa shape index (κ2) is 3.80. The first-order chi connectivity index (χ1) is 6.76. The zero-order chi connectivity index (χ0) is 11.7. The average molecular weight is 224 g/mol. The van der Waals surface area contributed by atoms with Crippen LogP contribution in [0, 0.1) is 0 Å². The molecule has 1 fully saturated rings. The first-order valence-electron chi connectivity index (χ1n) is 4.43. The Labute approximate surface area is 84.2 Å². The van der Waals surface area contributed by atoms with E-state index in [0.717, 1.165) is 0 Å². The number of nitrogens with one attached hydrogen (secondary N) is 2. The van der Waals surface area contributed by atoms with Gasteiger partial charge in [0, 0.05) is 0 Å². The lowest BCUT2D eigenvalue weighted by Crippen LogP contribution is -2.55. The Hall–Kier alpha value is -1.11. The predicted octanol–water partition coefficient (Wildman–Crippen LogP) is 0.334. The SMILES string of the molecule is C[C@]1(C(=O)NC(=O)C(F)(F)F)CCCN1. The summed E-state index contributed by atoms with van der Waals surface area (Å²) in [5.74, 6) is -3.15. The lowest BCUT2D eigenvalue weighted by atomic mass is 9.99. The van der Waals surface area contributed by atoms with Crippen LogP contribution in [0.1, 0.15) is 19.8 Å². The van der Waals surface area contributed by atoms with E-state index in [0.29, 0.717) is 19.4 Å². The molecule has 0 aromatic heterocycles. The van der Waals surface area contributed by atoms with E-state index in [1.165, 1.54) is 12.2 Å². The first kappa shape index (κ1) is 12.0. The van der Waals surface area contributed by atoms with Crippen LogP contribution >= 0.6 is 0 Å². The number of imide groups is 1. The van der Waals surface area contributed by atoms with Crippen LogP contribution in [0.5, 0.6) is 0 Å². The van der Waals surface area contributed by atoms with Crippen molar-refractivity contribution in [2.24, 2.45) is 0 Å². The van der Waals surface area contributed by atoms with E-state index in [4.69, 9.17) is 0 Å². The van der Waals surface area contributed by atoms with Gasteiger partial charge in [0.15, 0.2) is 0 Å². The summed E-state index contributed by atoms with van der Waals surface area (Å²) in [6.07, 6.45) is -3.90. The molecule has 1 aliphatic rings. The van der Waals surface area contributed by atoms with Crippen LogP contribution in [0.15, 0.2) is 0 Å². The van der Waals surface area contributed by atoms with Gasteiger partial charge < -0.3 is 5.32 Å². The quantitative estimate of drug-likeness (QED) is 0.675. The highest BCUT2D eigenvalue weighted by molar-refractivity contribution is 6.01. The van der Waals surface area contributed by atoms with Gasteiger partial charge in [0.1, 0.15) is 0 Å². The normalized spacial score (nSPS) is 26.4. The molecular weight excluding hydrogens is 213 g/mol. The molecule has 1 aliphatic heterocycles. The van der Waals surface area contributed by atoms with E-state index < -0.39 is 23.5 Å². The first-order valence-corrected chi connectivity index (χ1v) is 4.43. The van der Waals surface area contributed by atoms with E-state index >= 15 is 0 Å². The molecule has 86 valence electrons. The topological polar surface area (TPSA) is 58.2 Å². The van der Waals surface area contributed by atoms with Crippen LogP contribution in [0.3, 0.4) is 0 Å². The molecule has 0 saturated carbocycles. The minimum absolute atomic E-state index is 0.421. The molecular formula is C8H11F3N2O2. The maximum absolute atomic E-state index is 11.8. The number of rotatable bonds is 1. The van der Waals surface area contributed by atoms with E-state index in [-0.39, 0.29) is 0 Å². The fraction of sp³-hybridized carbons (Fsp3) is 0.750. The number of hydrogen-bond donors (Lipinski definition) is 2. The van der Waals surface area contributed by atoms with Gasteiger partial charge >= 0.3 is 12.1 Å². The molecule has 1 atom stereocenters. The lowest BCUT2D eigenvalue weighted by Gasteiger charge is -2.22. The van der Waals surface area contributed by atoms with Gasteiger partial charge in [-0.15, -0.1) is 0 Å². The van der Waals surface area contributed by atoms with Crippen LogP contribution in [0.2, 0.25) is 0 Å². The molecule has 2 N–H and O–H groups in total. The van der Waals surface area contributed by atoms with Gasteiger partial charge in [-0.05, 0) is 26.3 Å². The Bertz CT molecular complexity index is 282. The molecule has 0 spiro atoms. The number of alkyl halides is 3. The third-order valence-electron chi connectivity index (χ3n) is 2.35. The van der Waals surface area contributed by atoms with E-state index in [1.54, 1.807) is 0 Å². The van der Waals surface area contributed by atoms with Crippen LogP contribution < -0.4 is 10.6 Å². The molecule has 7 heteroatoms. The zero-order valence-electron chi connectivity index (χ0n) is 8.07. The predicted molar refractivity (Wildman–Crippen MR) is 44.8 cm³/mol. The molecule has 1 rings (SSSR count). The maximum atomic E-state index is 11.8. The summed E-state index contributed by atoms with van der Waals surface area (Å²) >= 11 is 0. The molecule has 1 saturated heterocycles. The summed E-state index contributed by atoms with van der Waals surface area (Å²) in [6, 6.07) is 0. The van der Waals surface area contributed by atoms with E-state index in [9.17, 15) is 22.8 Å². The second-order valence-electron chi connectivity index (χ2n) is 3.64. The monoisotopic (exact) mass is 224 g/mol. The molecule has 4 nitrogen and oxygen atoms in total. The molecule has 1 heterocycles. The smallest absolute Gasteiger partial charge is 0.304 e. The van der Waals surface area contributed by atoms with Crippen molar-refractivity contribution in [3.63, 3.8) is 0 Å². The van der Waals surface area contributed by atoms with Crippen molar-refractivity contribution in [2.45, 2.75) is 31.5 Å². The van der Waals surface area contributed by atoms with Gasteiger partial charge in [0.05, 0.1) is 5.54 Å². The van der Waals surface area contributed by atoms with Crippen LogP contribution in [0.4, 0.5) is 13.2 Å². The second-order valence-corrected chi connectivity index (χ2v) is 3.64. The Morgan fingerprint density at radius 2 is 2.00 bits per heavy atom. The summed E-state index contributed by atoms with van der Waals surface area (Å²) in [5, 5.41) is 4.09. The highest BCUT2D eigenvalue weighted by atomic mass is 19.4. The minimum atomic E-state index is -5.02. The van der Waals surface area contributed by atoms with Gasteiger partial charge in [-0.25, -0.2) is 0 Å². The molecule has 0 unspecified atom stereocenters. The number of halogens is 3. The minimum Gasteiger partial charge on any atom is -0.304 e. The highest BCUT2D eigenvalue weighted by Crippen LogP contribution is 2.20. The summed E-state index contributed by atoms with van der Waals surface area (Å²) in [4.78, 5) is 21.8. The van der Waals surface area contributed by atoms with Gasteiger partial charge in [0.2, 0.25) is 5.91 Å². The van der Waals surface area contributed by atoms with Crippen molar-refractivity contribution in [3.05, 3.63) is 0 Å². The highest BCUT2D eigenvalue weighted by Gasteiger charge is 2.44. The standard InChI is InChI=1S/C8H11F3N2O2/c1-7(3-2-4-12-7)5(14)13-6(15)8(9,10)11/h12H,2-4H2,1H3,(H,13,14,15)/t7-/m1/s1. The Kier molecular flexibility index (Phi) is 3.03. The average Bonchev–Trinajstić information content (AvgIpc) is 2.51. The number of hydrogen-bond acceptors (Lipinski definition) is 3. The zero-order valence-corrected chi connectivity index (χ0v) is 8.07. The molecule has 0 aliphatic carbocycles. The largest absolute Gasteiger partial charge is 0.471 e. The van der Waals surface area contributed by atoms with Gasteiger partial charge in [0.25, 0.3) is 0 Å². The van der Waals surface area contributed by atoms with Crippen molar-refractivity contribution < 1.29 is 22.8 Å². The van der Waals surface area contributed by atoms with Crippen molar-refractivity contribution in [2.75, 3.05) is 6.54 Å². The van der Waals surface area contributed by atoms with Gasteiger partial charge in [-0.1, -0.05) is 0 Å². The summed E-state index contributed by atoms with van der Waals surface area (Å²) < 4.78 is 35.5. The molecule has 0 aromatic carbocycles. The molecule has 0 bridgehead atoms. The van der Waals surface area contributed by atoms with Crippen molar-refractivity contribution >= 4 is 11.8 Å². The number of carbonyl (C=O) groups excluding carboxylic acids is 2. The lowest BCUT2D eigenvalue weighted by molar-refractivity contribution is -0.175.